The predicted octanol–water partition coefficient (Wildman–Crippen LogP) is 2.88. The molecule has 1 saturated heterocycles. The Morgan fingerprint density at radius 1 is 1.19 bits per heavy atom. The summed E-state index contributed by atoms with van der Waals surface area (Å²) < 4.78 is 11.2. The molecule has 1 aromatic carbocycles. The highest BCUT2D eigenvalue weighted by Gasteiger charge is 2.39. The van der Waals surface area contributed by atoms with Crippen LogP contribution >= 0.6 is 0 Å². The minimum atomic E-state index is -0.376. The second kappa shape index (κ2) is 9.38. The Kier molecular flexibility index (Phi) is 6.92. The van der Waals surface area contributed by atoms with E-state index in [0.29, 0.717) is 38.5 Å². The van der Waals surface area contributed by atoms with E-state index >= 15 is 0 Å². The quantitative estimate of drug-likeness (QED) is 0.701. The number of nitrogens with zero attached hydrogens (tertiary/aromatic N) is 1. The minimum absolute atomic E-state index is 0.107. The Morgan fingerprint density at radius 2 is 1.92 bits per heavy atom. The SMILES string of the molecule is COc1ccc(CN2C(=O)C(CCC[OH2+])OCC2C2CCCCC2)cc1. The van der Waals surface area contributed by atoms with Crippen LogP contribution in [0.2, 0.25) is 0 Å². The first-order valence-corrected chi connectivity index (χ1v) is 9.92. The van der Waals surface area contributed by atoms with Gasteiger partial charge in [-0.1, -0.05) is 31.4 Å². The Bertz CT molecular complexity index is 568. The highest BCUT2D eigenvalue weighted by molar-refractivity contribution is 5.82. The zero-order valence-corrected chi connectivity index (χ0v) is 15.8. The van der Waals surface area contributed by atoms with Gasteiger partial charge in [-0.15, -0.1) is 0 Å². The van der Waals surface area contributed by atoms with Crippen LogP contribution in [0.5, 0.6) is 5.75 Å². The van der Waals surface area contributed by atoms with E-state index in [-0.39, 0.29) is 18.1 Å². The molecule has 144 valence electrons. The van der Waals surface area contributed by atoms with Gasteiger partial charge in [0.2, 0.25) is 0 Å². The van der Waals surface area contributed by atoms with Gasteiger partial charge < -0.3 is 19.5 Å². The largest absolute Gasteiger partial charge is 0.497 e. The minimum Gasteiger partial charge on any atom is -0.497 e. The predicted molar refractivity (Wildman–Crippen MR) is 101 cm³/mol. The van der Waals surface area contributed by atoms with E-state index in [4.69, 9.17) is 14.6 Å². The van der Waals surface area contributed by atoms with E-state index in [9.17, 15) is 4.79 Å². The van der Waals surface area contributed by atoms with E-state index in [1.54, 1.807) is 7.11 Å². The molecule has 1 aliphatic carbocycles. The van der Waals surface area contributed by atoms with Gasteiger partial charge in [0.1, 0.15) is 18.5 Å². The molecule has 0 radical (unpaired) electrons. The van der Waals surface area contributed by atoms with Gasteiger partial charge in [0.15, 0.2) is 0 Å². The molecule has 2 unspecified atom stereocenters. The number of amides is 1. The maximum Gasteiger partial charge on any atom is 0.252 e. The molecule has 2 aliphatic rings. The average Bonchev–Trinajstić information content (AvgIpc) is 2.70. The van der Waals surface area contributed by atoms with Crippen molar-refractivity contribution in [2.24, 2.45) is 5.92 Å². The molecular weight excluding hydrogens is 330 g/mol. The van der Waals surface area contributed by atoms with Crippen molar-refractivity contribution in [3.05, 3.63) is 29.8 Å². The fraction of sp³-hybridized carbons (Fsp3) is 0.667. The van der Waals surface area contributed by atoms with Gasteiger partial charge in [0.05, 0.1) is 19.8 Å². The molecule has 1 amide bonds. The number of carbonyl (C=O) groups excluding carboxylic acids is 1. The fourth-order valence-electron chi connectivity index (χ4n) is 4.25. The van der Waals surface area contributed by atoms with E-state index in [0.717, 1.165) is 11.3 Å². The summed E-state index contributed by atoms with van der Waals surface area (Å²) in [4.78, 5) is 15.2. The zero-order valence-electron chi connectivity index (χ0n) is 15.8. The van der Waals surface area contributed by atoms with Gasteiger partial charge in [0.25, 0.3) is 5.91 Å². The summed E-state index contributed by atoms with van der Waals surface area (Å²) in [5.41, 5.74) is 1.13. The van der Waals surface area contributed by atoms with Crippen LogP contribution in [0.1, 0.15) is 50.5 Å². The van der Waals surface area contributed by atoms with Crippen LogP contribution < -0.4 is 4.74 Å². The van der Waals surface area contributed by atoms with Crippen molar-refractivity contribution in [3.8, 4) is 5.75 Å². The molecule has 3 rings (SSSR count). The van der Waals surface area contributed by atoms with Crippen LogP contribution in [0.25, 0.3) is 0 Å². The van der Waals surface area contributed by atoms with Gasteiger partial charge in [-0.2, -0.15) is 0 Å². The summed E-state index contributed by atoms with van der Waals surface area (Å²) >= 11 is 0. The number of hydrogen-bond acceptors (Lipinski definition) is 3. The van der Waals surface area contributed by atoms with Crippen molar-refractivity contribution in [3.63, 3.8) is 0 Å². The summed E-state index contributed by atoms with van der Waals surface area (Å²) in [6.45, 7) is 1.61. The van der Waals surface area contributed by atoms with Gasteiger partial charge in [-0.05, 0) is 42.9 Å². The van der Waals surface area contributed by atoms with Gasteiger partial charge in [-0.25, -0.2) is 0 Å². The van der Waals surface area contributed by atoms with Crippen molar-refractivity contribution < 1.29 is 19.4 Å². The smallest absolute Gasteiger partial charge is 0.252 e. The Hall–Kier alpha value is -1.59. The molecule has 2 N–H and O–H groups in total. The lowest BCUT2D eigenvalue weighted by molar-refractivity contribution is -0.165. The molecule has 2 fully saturated rings. The average molecular weight is 362 g/mol. The molecule has 0 spiro atoms. The lowest BCUT2D eigenvalue weighted by atomic mass is 9.82. The number of benzene rings is 1. The molecule has 1 saturated carbocycles. The van der Waals surface area contributed by atoms with Crippen molar-refractivity contribution in [1.82, 2.24) is 4.90 Å². The molecule has 1 aromatic rings. The Balaban J connectivity index is 1.75. The first kappa shape index (κ1) is 19.2. The Labute approximate surface area is 156 Å². The highest BCUT2D eigenvalue weighted by Crippen LogP contribution is 2.33. The summed E-state index contributed by atoms with van der Waals surface area (Å²) in [6.07, 6.45) is 7.19. The number of carbonyl (C=O) groups is 1. The molecule has 5 heteroatoms. The third kappa shape index (κ3) is 4.57. The molecule has 1 heterocycles. The normalized spacial score (nSPS) is 24.7. The second-order valence-corrected chi connectivity index (χ2v) is 7.49. The van der Waals surface area contributed by atoms with Crippen LogP contribution in [-0.4, -0.2) is 48.4 Å². The maximum absolute atomic E-state index is 13.1. The molecule has 0 bridgehead atoms. The lowest BCUT2D eigenvalue weighted by Gasteiger charge is -2.44. The van der Waals surface area contributed by atoms with Gasteiger partial charge in [-0.3, -0.25) is 4.79 Å². The van der Waals surface area contributed by atoms with E-state index in [2.05, 4.69) is 4.90 Å². The summed E-state index contributed by atoms with van der Waals surface area (Å²) in [7, 11) is 1.66. The summed E-state index contributed by atoms with van der Waals surface area (Å²) in [5, 5.41) is 7.36. The topological polar surface area (TPSA) is 61.7 Å². The number of methoxy groups -OCH3 is 1. The van der Waals surface area contributed by atoms with E-state index < -0.39 is 0 Å². The van der Waals surface area contributed by atoms with Gasteiger partial charge >= 0.3 is 0 Å². The molecular formula is C21H32NO4+. The number of ether oxygens (including phenoxy) is 2. The fourth-order valence-corrected chi connectivity index (χ4v) is 4.25. The highest BCUT2D eigenvalue weighted by atomic mass is 16.5. The summed E-state index contributed by atoms with van der Waals surface area (Å²) in [5.74, 6) is 1.48. The first-order valence-electron chi connectivity index (χ1n) is 9.92. The van der Waals surface area contributed by atoms with Crippen LogP contribution in [0.15, 0.2) is 24.3 Å². The van der Waals surface area contributed by atoms with Crippen LogP contribution in [-0.2, 0) is 16.1 Å². The van der Waals surface area contributed by atoms with E-state index in [1.807, 2.05) is 24.3 Å². The third-order valence-corrected chi connectivity index (χ3v) is 5.78. The van der Waals surface area contributed by atoms with E-state index in [1.165, 1.54) is 32.1 Å². The third-order valence-electron chi connectivity index (χ3n) is 5.78. The molecule has 0 aromatic heterocycles. The lowest BCUT2D eigenvalue weighted by Crippen LogP contribution is -2.56. The summed E-state index contributed by atoms with van der Waals surface area (Å²) in [6, 6.07) is 8.16. The van der Waals surface area contributed by atoms with Crippen molar-refractivity contribution in [2.75, 3.05) is 20.3 Å². The standard InChI is InChI=1S/C21H31NO4/c1-25-18-11-9-16(10-12-18)14-22-19(17-6-3-2-4-7-17)15-26-20(21(22)24)8-5-13-23/h9-12,17,19-20,23H,2-8,13-15H2,1H3/p+1. The van der Waals surface area contributed by atoms with Gasteiger partial charge in [0, 0.05) is 13.0 Å². The number of rotatable bonds is 7. The van der Waals surface area contributed by atoms with Crippen molar-refractivity contribution in [2.45, 2.75) is 63.6 Å². The number of hydrogen-bond donors (Lipinski definition) is 0. The van der Waals surface area contributed by atoms with Crippen molar-refractivity contribution in [1.29, 1.82) is 0 Å². The maximum atomic E-state index is 13.1. The van der Waals surface area contributed by atoms with Crippen LogP contribution in [0, 0.1) is 5.92 Å². The van der Waals surface area contributed by atoms with Crippen LogP contribution in [0.4, 0.5) is 0 Å². The van der Waals surface area contributed by atoms with Crippen molar-refractivity contribution >= 4 is 5.91 Å². The first-order chi connectivity index (χ1) is 12.7. The Morgan fingerprint density at radius 3 is 2.58 bits per heavy atom. The molecule has 2 atom stereocenters. The molecule has 26 heavy (non-hydrogen) atoms. The van der Waals surface area contributed by atoms with Crippen LogP contribution in [0.3, 0.4) is 0 Å². The number of morpholine rings is 1. The molecule has 1 aliphatic heterocycles. The second-order valence-electron chi connectivity index (χ2n) is 7.49. The zero-order chi connectivity index (χ0) is 18.4. The monoisotopic (exact) mass is 362 g/mol. The molecule has 5 nitrogen and oxygen atoms in total.